The summed E-state index contributed by atoms with van der Waals surface area (Å²) in [5.74, 6) is 0.301. The van der Waals surface area contributed by atoms with E-state index in [-0.39, 0.29) is 4.21 Å². The number of aromatic nitrogens is 1. The lowest BCUT2D eigenvalue weighted by molar-refractivity contribution is 0.603. The average Bonchev–Trinajstić information content (AvgIpc) is 2.70. The van der Waals surface area contributed by atoms with Crippen LogP contribution in [-0.4, -0.2) is 13.4 Å². The lowest BCUT2D eigenvalue weighted by Crippen LogP contribution is -2.13. The maximum Gasteiger partial charge on any atom is 0.272 e. The lowest BCUT2D eigenvalue weighted by atomic mass is 10.3. The van der Waals surface area contributed by atoms with Crippen LogP contribution in [0.25, 0.3) is 0 Å². The second-order valence-corrected chi connectivity index (χ2v) is 7.10. The van der Waals surface area contributed by atoms with Crippen molar-refractivity contribution in [1.29, 1.82) is 0 Å². The first-order valence-corrected chi connectivity index (χ1v) is 7.50. The van der Waals surface area contributed by atoms with Gasteiger partial charge in [-0.15, -0.1) is 11.3 Å². The predicted octanol–water partition coefficient (Wildman–Crippen LogP) is 2.14. The zero-order valence-corrected chi connectivity index (χ0v) is 11.6. The molecule has 0 aromatic carbocycles. The van der Waals surface area contributed by atoms with Crippen LogP contribution in [0.1, 0.15) is 10.4 Å². The Morgan fingerprint density at radius 3 is 2.61 bits per heavy atom. The zero-order valence-electron chi connectivity index (χ0n) is 9.97. The number of hydrogen-bond acceptors (Lipinski definition) is 5. The van der Waals surface area contributed by atoms with E-state index in [1.54, 1.807) is 25.1 Å². The minimum atomic E-state index is -3.56. The van der Waals surface area contributed by atoms with Crippen LogP contribution in [0.2, 0.25) is 0 Å². The number of pyridine rings is 1. The maximum atomic E-state index is 12.1. The molecule has 0 aliphatic carbocycles. The molecule has 2 rings (SSSR count). The third kappa shape index (κ3) is 2.62. The van der Waals surface area contributed by atoms with Crippen molar-refractivity contribution in [3.8, 4) is 0 Å². The van der Waals surface area contributed by atoms with Gasteiger partial charge in [0.25, 0.3) is 10.0 Å². The van der Waals surface area contributed by atoms with E-state index in [0.717, 1.165) is 4.88 Å². The second-order valence-electron chi connectivity index (χ2n) is 3.90. The summed E-state index contributed by atoms with van der Waals surface area (Å²) < 4.78 is 26.9. The molecule has 0 amide bonds. The van der Waals surface area contributed by atoms with Gasteiger partial charge in [-0.05, 0) is 37.6 Å². The highest BCUT2D eigenvalue weighted by atomic mass is 32.2. The fourth-order valence-corrected chi connectivity index (χ4v) is 3.80. The SMILES string of the molecule is Cc1ccc(S(=O)(=O)Nc2ncc(N)cc2C)s1. The molecule has 0 fully saturated rings. The van der Waals surface area contributed by atoms with E-state index in [1.165, 1.54) is 17.5 Å². The van der Waals surface area contributed by atoms with Crippen molar-refractivity contribution in [2.24, 2.45) is 0 Å². The van der Waals surface area contributed by atoms with Crippen molar-refractivity contribution in [1.82, 2.24) is 4.98 Å². The van der Waals surface area contributed by atoms with Crippen LogP contribution < -0.4 is 10.5 Å². The summed E-state index contributed by atoms with van der Waals surface area (Å²) in [6.45, 7) is 3.61. The molecule has 0 saturated heterocycles. The van der Waals surface area contributed by atoms with Crippen LogP contribution in [0.4, 0.5) is 11.5 Å². The largest absolute Gasteiger partial charge is 0.397 e. The fraction of sp³-hybridized carbons (Fsp3) is 0.182. The Balaban J connectivity index is 2.33. The van der Waals surface area contributed by atoms with Crippen LogP contribution in [0, 0.1) is 13.8 Å². The smallest absolute Gasteiger partial charge is 0.272 e. The number of rotatable bonds is 3. The first-order valence-electron chi connectivity index (χ1n) is 5.20. The molecule has 0 saturated carbocycles. The highest BCUT2D eigenvalue weighted by Crippen LogP contribution is 2.24. The molecule has 0 radical (unpaired) electrons. The summed E-state index contributed by atoms with van der Waals surface area (Å²) in [6.07, 6.45) is 1.42. The second kappa shape index (κ2) is 4.58. The highest BCUT2D eigenvalue weighted by Gasteiger charge is 2.17. The van der Waals surface area contributed by atoms with Gasteiger partial charge in [0, 0.05) is 4.88 Å². The van der Waals surface area contributed by atoms with E-state index in [9.17, 15) is 8.42 Å². The van der Waals surface area contributed by atoms with Crippen LogP contribution >= 0.6 is 11.3 Å². The number of nitrogens with one attached hydrogen (secondary N) is 1. The Kier molecular flexibility index (Phi) is 3.27. The van der Waals surface area contributed by atoms with Gasteiger partial charge in [0.2, 0.25) is 0 Å². The van der Waals surface area contributed by atoms with Gasteiger partial charge in [-0.3, -0.25) is 4.72 Å². The molecular formula is C11H13N3O2S2. The van der Waals surface area contributed by atoms with Crippen molar-refractivity contribution in [3.05, 3.63) is 34.8 Å². The molecule has 0 atom stereocenters. The number of sulfonamides is 1. The van der Waals surface area contributed by atoms with Crippen LogP contribution in [0.3, 0.4) is 0 Å². The van der Waals surface area contributed by atoms with Gasteiger partial charge in [-0.25, -0.2) is 13.4 Å². The molecule has 2 aromatic rings. The van der Waals surface area contributed by atoms with Gasteiger partial charge < -0.3 is 5.73 Å². The summed E-state index contributed by atoms with van der Waals surface area (Å²) in [5.41, 5.74) is 6.76. The quantitative estimate of drug-likeness (QED) is 0.903. The maximum absolute atomic E-state index is 12.1. The van der Waals surface area contributed by atoms with Crippen molar-refractivity contribution < 1.29 is 8.42 Å². The summed E-state index contributed by atoms with van der Waals surface area (Å²) >= 11 is 1.22. The third-order valence-corrected chi connectivity index (χ3v) is 5.14. The molecule has 0 aliphatic rings. The van der Waals surface area contributed by atoms with Gasteiger partial charge in [0.05, 0.1) is 11.9 Å². The average molecular weight is 283 g/mol. The Labute approximate surface area is 110 Å². The van der Waals surface area contributed by atoms with E-state index in [1.807, 2.05) is 6.92 Å². The number of nitrogens with two attached hydrogens (primary N) is 1. The van der Waals surface area contributed by atoms with E-state index in [4.69, 9.17) is 5.73 Å². The number of thiophene rings is 1. The number of nitrogens with zero attached hydrogens (tertiary/aromatic N) is 1. The number of hydrogen-bond donors (Lipinski definition) is 2. The molecular weight excluding hydrogens is 270 g/mol. The first-order chi connectivity index (χ1) is 8.38. The molecule has 18 heavy (non-hydrogen) atoms. The predicted molar refractivity (Wildman–Crippen MR) is 73.3 cm³/mol. The van der Waals surface area contributed by atoms with Gasteiger partial charge in [0.1, 0.15) is 10.0 Å². The fourth-order valence-electron chi connectivity index (χ4n) is 1.44. The Hall–Kier alpha value is -1.60. The molecule has 2 heterocycles. The van der Waals surface area contributed by atoms with Gasteiger partial charge >= 0.3 is 0 Å². The minimum Gasteiger partial charge on any atom is -0.397 e. The van der Waals surface area contributed by atoms with Crippen molar-refractivity contribution in [3.63, 3.8) is 0 Å². The summed E-state index contributed by atoms with van der Waals surface area (Å²) in [4.78, 5) is 4.93. The Morgan fingerprint density at radius 2 is 2.06 bits per heavy atom. The molecule has 2 aromatic heterocycles. The number of anilines is 2. The molecule has 96 valence electrons. The van der Waals surface area contributed by atoms with Gasteiger partial charge in [0.15, 0.2) is 0 Å². The zero-order chi connectivity index (χ0) is 13.3. The molecule has 0 bridgehead atoms. The standard InChI is InChI=1S/C11H13N3O2S2/c1-7-5-9(12)6-13-11(7)14-18(15,16)10-4-3-8(2)17-10/h3-6H,12H2,1-2H3,(H,13,14). The Bertz CT molecular complexity index is 677. The highest BCUT2D eigenvalue weighted by molar-refractivity contribution is 7.94. The summed E-state index contributed by atoms with van der Waals surface area (Å²) in [6, 6.07) is 5.02. The summed E-state index contributed by atoms with van der Waals surface area (Å²) in [5, 5.41) is 0. The van der Waals surface area contributed by atoms with Crippen LogP contribution in [0.5, 0.6) is 0 Å². The molecule has 5 nitrogen and oxygen atoms in total. The van der Waals surface area contributed by atoms with Crippen molar-refractivity contribution in [2.75, 3.05) is 10.5 Å². The van der Waals surface area contributed by atoms with E-state index in [0.29, 0.717) is 17.1 Å². The molecule has 0 spiro atoms. The topological polar surface area (TPSA) is 85.1 Å². The lowest BCUT2D eigenvalue weighted by Gasteiger charge is -2.08. The van der Waals surface area contributed by atoms with Crippen molar-refractivity contribution >= 4 is 32.9 Å². The Morgan fingerprint density at radius 1 is 1.33 bits per heavy atom. The normalized spacial score (nSPS) is 11.4. The van der Waals surface area contributed by atoms with Crippen molar-refractivity contribution in [2.45, 2.75) is 18.1 Å². The monoisotopic (exact) mass is 283 g/mol. The molecule has 0 unspecified atom stereocenters. The van der Waals surface area contributed by atoms with E-state index in [2.05, 4.69) is 9.71 Å². The van der Waals surface area contributed by atoms with Crippen LogP contribution in [-0.2, 0) is 10.0 Å². The first kappa shape index (κ1) is 12.8. The third-order valence-electron chi connectivity index (χ3n) is 2.31. The molecule has 3 N–H and O–H groups in total. The molecule has 7 heteroatoms. The van der Waals surface area contributed by atoms with Gasteiger partial charge in [-0.2, -0.15) is 0 Å². The summed E-state index contributed by atoms with van der Waals surface area (Å²) in [7, 11) is -3.56. The number of nitrogen functional groups attached to an aromatic ring is 1. The molecule has 0 aliphatic heterocycles. The van der Waals surface area contributed by atoms with E-state index >= 15 is 0 Å². The minimum absolute atomic E-state index is 0.276. The van der Waals surface area contributed by atoms with Gasteiger partial charge in [-0.1, -0.05) is 0 Å². The van der Waals surface area contributed by atoms with E-state index < -0.39 is 10.0 Å². The van der Waals surface area contributed by atoms with Crippen LogP contribution in [0.15, 0.2) is 28.6 Å². The number of aryl methyl sites for hydroxylation is 2.